The van der Waals surface area contributed by atoms with Gasteiger partial charge in [-0.25, -0.2) is 4.79 Å². The summed E-state index contributed by atoms with van der Waals surface area (Å²) in [7, 11) is 0. The van der Waals surface area contributed by atoms with E-state index in [0.29, 0.717) is 12.1 Å². The van der Waals surface area contributed by atoms with E-state index in [0.717, 1.165) is 17.6 Å². The number of carbonyl (C=O) groups excluding carboxylic acids is 1. The van der Waals surface area contributed by atoms with Gasteiger partial charge in [0.25, 0.3) is 0 Å². The molecule has 1 aromatic rings. The van der Waals surface area contributed by atoms with Crippen LogP contribution in [0.3, 0.4) is 0 Å². The van der Waals surface area contributed by atoms with Crippen LogP contribution in [0.25, 0.3) is 0 Å². The van der Waals surface area contributed by atoms with Gasteiger partial charge in [-0.1, -0.05) is 20.3 Å². The van der Waals surface area contributed by atoms with Crippen molar-refractivity contribution >= 4 is 11.7 Å². The molecule has 0 radical (unpaired) electrons. The molecule has 0 aromatic carbocycles. The first kappa shape index (κ1) is 13.3. The molecule has 2 N–H and O–H groups in total. The minimum atomic E-state index is -0.472. The molecule has 94 valence electrons. The van der Waals surface area contributed by atoms with Gasteiger partial charge in [-0.05, 0) is 25.0 Å². The molecule has 0 amide bonds. The Labute approximate surface area is 100 Å². The molecule has 1 aromatic heterocycles. The highest BCUT2D eigenvalue weighted by atomic mass is 16.7. The van der Waals surface area contributed by atoms with Gasteiger partial charge in [0.2, 0.25) is 0 Å². The summed E-state index contributed by atoms with van der Waals surface area (Å²) in [6.45, 7) is 3.73. The fourth-order valence-corrected chi connectivity index (χ4v) is 1.38. The second-order valence-corrected chi connectivity index (χ2v) is 3.80. The third kappa shape index (κ3) is 3.34. The fourth-order valence-electron chi connectivity index (χ4n) is 1.38. The number of unbranched alkanes of at least 4 members (excludes halogenated alkanes) is 1. The molecule has 0 unspecified atom stereocenters. The zero-order chi connectivity index (χ0) is 12.8. The lowest BCUT2D eigenvalue weighted by atomic mass is 10.2. The average molecular weight is 238 g/mol. The second kappa shape index (κ2) is 6.08. The van der Waals surface area contributed by atoms with Crippen LogP contribution in [0.15, 0.2) is 16.9 Å². The Morgan fingerprint density at radius 3 is 2.71 bits per heavy atom. The molecule has 1 heterocycles. The number of nitrogens with two attached hydrogens (primary N) is 1. The van der Waals surface area contributed by atoms with Crippen molar-refractivity contribution in [3.8, 4) is 0 Å². The highest BCUT2D eigenvalue weighted by Gasteiger charge is 2.10. The summed E-state index contributed by atoms with van der Waals surface area (Å²) in [4.78, 5) is 28.0. The molecule has 0 bridgehead atoms. The predicted octanol–water partition coefficient (Wildman–Crippen LogP) is 1.14. The number of carbonyl (C=O) groups is 1. The van der Waals surface area contributed by atoms with Gasteiger partial charge < -0.3 is 10.6 Å². The maximum absolute atomic E-state index is 11.8. The maximum Gasteiger partial charge on any atom is 0.332 e. The molecule has 0 saturated heterocycles. The van der Waals surface area contributed by atoms with Crippen LogP contribution in [-0.2, 0) is 11.2 Å². The summed E-state index contributed by atoms with van der Waals surface area (Å²) in [5, 5.41) is 0. The van der Waals surface area contributed by atoms with E-state index in [1.54, 1.807) is 19.1 Å². The van der Waals surface area contributed by atoms with E-state index < -0.39 is 11.5 Å². The molecular formula is C12H18N2O3. The molecule has 0 saturated carbocycles. The molecule has 0 spiro atoms. The number of rotatable bonds is 5. The first-order valence-corrected chi connectivity index (χ1v) is 5.81. The van der Waals surface area contributed by atoms with E-state index in [-0.39, 0.29) is 12.1 Å². The van der Waals surface area contributed by atoms with Crippen molar-refractivity contribution in [2.75, 3.05) is 5.73 Å². The van der Waals surface area contributed by atoms with Crippen molar-refractivity contribution in [3.63, 3.8) is 0 Å². The molecule has 5 heteroatoms. The summed E-state index contributed by atoms with van der Waals surface area (Å²) in [6, 6.07) is 3.26. The van der Waals surface area contributed by atoms with Crippen molar-refractivity contribution in [2.45, 2.75) is 39.5 Å². The lowest BCUT2D eigenvalue weighted by molar-refractivity contribution is -0.144. The molecule has 5 nitrogen and oxygen atoms in total. The number of aromatic nitrogens is 1. The van der Waals surface area contributed by atoms with Crippen LogP contribution < -0.4 is 16.1 Å². The number of anilines is 1. The number of nitrogens with zero attached hydrogens (tertiary/aromatic N) is 1. The lowest BCUT2D eigenvalue weighted by Gasteiger charge is -2.12. The number of pyridine rings is 1. The van der Waals surface area contributed by atoms with Crippen molar-refractivity contribution < 1.29 is 9.63 Å². The van der Waals surface area contributed by atoms with E-state index in [1.165, 1.54) is 0 Å². The van der Waals surface area contributed by atoms with Crippen LogP contribution in [0, 0.1) is 0 Å². The van der Waals surface area contributed by atoms with Gasteiger partial charge in [0.15, 0.2) is 0 Å². The zero-order valence-corrected chi connectivity index (χ0v) is 10.2. The number of aryl methyl sites for hydroxylation is 1. The number of hydrogen-bond acceptors (Lipinski definition) is 4. The van der Waals surface area contributed by atoms with Gasteiger partial charge in [-0.2, -0.15) is 0 Å². The Balaban J connectivity index is 3.07. The first-order valence-electron chi connectivity index (χ1n) is 5.81. The van der Waals surface area contributed by atoms with Crippen molar-refractivity contribution in [3.05, 3.63) is 28.2 Å². The van der Waals surface area contributed by atoms with Crippen molar-refractivity contribution in [2.24, 2.45) is 0 Å². The largest absolute Gasteiger partial charge is 0.394 e. The second-order valence-electron chi connectivity index (χ2n) is 3.80. The Bertz CT molecular complexity index is 452. The zero-order valence-electron chi connectivity index (χ0n) is 10.2. The van der Waals surface area contributed by atoms with Crippen LogP contribution >= 0.6 is 0 Å². The van der Waals surface area contributed by atoms with E-state index in [9.17, 15) is 9.59 Å². The third-order valence-corrected chi connectivity index (χ3v) is 2.42. The molecular weight excluding hydrogens is 220 g/mol. The summed E-state index contributed by atoms with van der Waals surface area (Å²) >= 11 is 0. The normalized spacial score (nSPS) is 10.2. The standard InChI is InChI=1S/C12H18N2O3/c1-3-5-6-9-7-8-10(13)12(16)14(9)17-11(15)4-2/h7-8H,3-6,13H2,1-2H3. The minimum absolute atomic E-state index is 0.0779. The van der Waals surface area contributed by atoms with Crippen LogP contribution in [0.1, 0.15) is 38.8 Å². The van der Waals surface area contributed by atoms with Crippen LogP contribution in [-0.4, -0.2) is 10.7 Å². The van der Waals surface area contributed by atoms with E-state index in [2.05, 4.69) is 6.92 Å². The number of nitrogen functional groups attached to an aromatic ring is 1. The van der Waals surface area contributed by atoms with Gasteiger partial charge >= 0.3 is 11.5 Å². The summed E-state index contributed by atoms with van der Waals surface area (Å²) in [5.74, 6) is -0.449. The van der Waals surface area contributed by atoms with Crippen LogP contribution in [0.4, 0.5) is 5.69 Å². The van der Waals surface area contributed by atoms with Gasteiger partial charge in [-0.15, -0.1) is 4.73 Å². The molecule has 17 heavy (non-hydrogen) atoms. The van der Waals surface area contributed by atoms with E-state index in [4.69, 9.17) is 10.6 Å². The SMILES string of the molecule is CCCCc1ccc(N)c(=O)n1OC(=O)CC. The molecule has 0 aliphatic rings. The summed E-state index contributed by atoms with van der Waals surface area (Å²) in [6.07, 6.45) is 2.82. The predicted molar refractivity (Wildman–Crippen MR) is 65.6 cm³/mol. The van der Waals surface area contributed by atoms with Gasteiger partial charge in [0, 0.05) is 6.42 Å². The molecule has 1 rings (SSSR count). The van der Waals surface area contributed by atoms with E-state index in [1.807, 2.05) is 0 Å². The molecule has 0 aliphatic heterocycles. The highest BCUT2D eigenvalue weighted by Crippen LogP contribution is 2.05. The van der Waals surface area contributed by atoms with Gasteiger partial charge in [0.1, 0.15) is 5.69 Å². The van der Waals surface area contributed by atoms with Crippen molar-refractivity contribution in [1.82, 2.24) is 4.73 Å². The van der Waals surface area contributed by atoms with Gasteiger partial charge in [0.05, 0.1) is 5.69 Å². The first-order chi connectivity index (χ1) is 8.10. The lowest BCUT2D eigenvalue weighted by Crippen LogP contribution is -2.34. The molecule has 0 atom stereocenters. The Hall–Kier alpha value is -1.78. The van der Waals surface area contributed by atoms with Crippen LogP contribution in [0.5, 0.6) is 0 Å². The monoisotopic (exact) mass is 238 g/mol. The average Bonchev–Trinajstić information content (AvgIpc) is 2.33. The summed E-state index contributed by atoms with van der Waals surface area (Å²) < 4.78 is 1.01. The Morgan fingerprint density at radius 2 is 2.12 bits per heavy atom. The minimum Gasteiger partial charge on any atom is -0.394 e. The number of hydrogen-bond donors (Lipinski definition) is 1. The molecule has 0 aliphatic carbocycles. The maximum atomic E-state index is 11.8. The van der Waals surface area contributed by atoms with E-state index >= 15 is 0 Å². The van der Waals surface area contributed by atoms with Crippen LogP contribution in [0.2, 0.25) is 0 Å². The summed E-state index contributed by atoms with van der Waals surface area (Å²) in [5.41, 5.74) is 5.79. The quantitative estimate of drug-likeness (QED) is 0.834. The highest BCUT2D eigenvalue weighted by molar-refractivity contribution is 5.69. The topological polar surface area (TPSA) is 74.3 Å². The smallest absolute Gasteiger partial charge is 0.332 e. The fraction of sp³-hybridized carbons (Fsp3) is 0.500. The Morgan fingerprint density at radius 1 is 1.41 bits per heavy atom. The third-order valence-electron chi connectivity index (χ3n) is 2.42. The Kier molecular flexibility index (Phi) is 4.75. The van der Waals surface area contributed by atoms with Gasteiger partial charge in [-0.3, -0.25) is 4.79 Å². The van der Waals surface area contributed by atoms with Crippen molar-refractivity contribution in [1.29, 1.82) is 0 Å². The molecule has 0 fully saturated rings.